The molecule has 1 aliphatic carbocycles. The molecule has 1 heterocycles. The Hall–Kier alpha value is -4.12. The van der Waals surface area contributed by atoms with E-state index in [-0.39, 0.29) is 12.1 Å². The fourth-order valence-electron chi connectivity index (χ4n) is 3.76. The number of urea groups is 1. The van der Waals surface area contributed by atoms with Crippen LogP contribution in [-0.4, -0.2) is 29.2 Å². The molecule has 0 aliphatic heterocycles. The molecule has 1 saturated carbocycles. The minimum absolute atomic E-state index is 0.194. The van der Waals surface area contributed by atoms with Gasteiger partial charge in [0.05, 0.1) is 18.4 Å². The quantitative estimate of drug-likeness (QED) is 0.518. The van der Waals surface area contributed by atoms with Crippen LogP contribution < -0.4 is 20.7 Å². The molecule has 32 heavy (non-hydrogen) atoms. The van der Waals surface area contributed by atoms with E-state index >= 15 is 0 Å². The van der Waals surface area contributed by atoms with Crippen molar-refractivity contribution in [3.63, 3.8) is 0 Å². The van der Waals surface area contributed by atoms with Gasteiger partial charge in [-0.05, 0) is 55.3 Å². The molecular formula is C24H24N6O2. The first-order chi connectivity index (χ1) is 15.6. The van der Waals surface area contributed by atoms with E-state index in [1.165, 1.54) is 7.11 Å². The summed E-state index contributed by atoms with van der Waals surface area (Å²) in [6.07, 6.45) is 6.05. The van der Waals surface area contributed by atoms with Crippen molar-refractivity contribution in [2.75, 3.05) is 17.7 Å². The number of nitriles is 1. The van der Waals surface area contributed by atoms with Crippen LogP contribution >= 0.6 is 0 Å². The number of carbonyl (C=O) groups excluding carboxylic acids is 1. The van der Waals surface area contributed by atoms with E-state index in [0.29, 0.717) is 28.6 Å². The minimum atomic E-state index is -0.194. The molecule has 1 fully saturated rings. The summed E-state index contributed by atoms with van der Waals surface area (Å²) in [5, 5.41) is 18.4. The lowest BCUT2D eigenvalue weighted by atomic mass is 10.1. The maximum absolute atomic E-state index is 12.2. The second kappa shape index (κ2) is 9.79. The van der Waals surface area contributed by atoms with Gasteiger partial charge < -0.3 is 20.7 Å². The zero-order valence-corrected chi connectivity index (χ0v) is 17.8. The number of hydrogen-bond donors (Lipinski definition) is 3. The van der Waals surface area contributed by atoms with Gasteiger partial charge in [0.2, 0.25) is 5.95 Å². The Bertz CT molecular complexity index is 1150. The molecule has 0 bridgehead atoms. The van der Waals surface area contributed by atoms with E-state index in [4.69, 9.17) is 4.74 Å². The standard InChI is InChI=1S/C24H24N6O2/c1-32-22-10-9-16(13-17(22)15-25)21-11-12-26-23(30-21)27-19-7-4-8-20(14-19)29-24(31)28-18-5-2-3-6-18/h4,7-14,18H,2-3,5-6H2,1H3,(H,26,27,30)(H2,28,29,31). The van der Waals surface area contributed by atoms with Crippen LogP contribution in [0.25, 0.3) is 11.3 Å². The average molecular weight is 428 g/mol. The Kier molecular flexibility index (Phi) is 6.46. The molecule has 1 aromatic heterocycles. The van der Waals surface area contributed by atoms with Crippen LogP contribution in [0, 0.1) is 11.3 Å². The Morgan fingerprint density at radius 1 is 1.12 bits per heavy atom. The summed E-state index contributed by atoms with van der Waals surface area (Å²) in [5.41, 5.74) is 3.31. The molecule has 2 aromatic carbocycles. The zero-order valence-electron chi connectivity index (χ0n) is 17.8. The normalized spacial score (nSPS) is 13.2. The molecule has 3 N–H and O–H groups in total. The lowest BCUT2D eigenvalue weighted by molar-refractivity contribution is 0.248. The zero-order chi connectivity index (χ0) is 22.3. The van der Waals surface area contributed by atoms with Gasteiger partial charge in [0.15, 0.2) is 0 Å². The van der Waals surface area contributed by atoms with Crippen molar-refractivity contribution in [2.24, 2.45) is 0 Å². The van der Waals surface area contributed by atoms with E-state index in [1.807, 2.05) is 30.3 Å². The van der Waals surface area contributed by atoms with Crippen LogP contribution in [0.3, 0.4) is 0 Å². The van der Waals surface area contributed by atoms with E-state index < -0.39 is 0 Å². The van der Waals surface area contributed by atoms with E-state index in [1.54, 1.807) is 24.4 Å². The number of rotatable bonds is 6. The van der Waals surface area contributed by atoms with E-state index in [0.717, 1.165) is 36.9 Å². The second-order valence-electron chi connectivity index (χ2n) is 7.58. The summed E-state index contributed by atoms with van der Waals surface area (Å²) in [4.78, 5) is 21.1. The van der Waals surface area contributed by atoms with Gasteiger partial charge in [-0.1, -0.05) is 18.9 Å². The van der Waals surface area contributed by atoms with Crippen molar-refractivity contribution in [1.82, 2.24) is 15.3 Å². The Labute approximate surface area is 186 Å². The molecular weight excluding hydrogens is 404 g/mol. The number of amides is 2. The van der Waals surface area contributed by atoms with Gasteiger partial charge in [-0.3, -0.25) is 0 Å². The van der Waals surface area contributed by atoms with Gasteiger partial charge in [-0.15, -0.1) is 0 Å². The third-order valence-corrected chi connectivity index (χ3v) is 5.34. The highest BCUT2D eigenvalue weighted by Gasteiger charge is 2.17. The molecule has 0 saturated heterocycles. The molecule has 162 valence electrons. The predicted molar refractivity (Wildman–Crippen MR) is 123 cm³/mol. The van der Waals surface area contributed by atoms with E-state index in [2.05, 4.69) is 32.0 Å². The fraction of sp³-hybridized carbons (Fsp3) is 0.250. The average Bonchev–Trinajstić information content (AvgIpc) is 3.32. The van der Waals surface area contributed by atoms with Gasteiger partial charge >= 0.3 is 6.03 Å². The molecule has 8 nitrogen and oxygen atoms in total. The molecule has 8 heteroatoms. The smallest absolute Gasteiger partial charge is 0.319 e. The second-order valence-corrected chi connectivity index (χ2v) is 7.58. The number of nitrogens with zero attached hydrogens (tertiary/aromatic N) is 3. The highest BCUT2D eigenvalue weighted by molar-refractivity contribution is 5.90. The number of ether oxygens (including phenoxy) is 1. The monoisotopic (exact) mass is 428 g/mol. The van der Waals surface area contributed by atoms with Gasteiger partial charge in [-0.25, -0.2) is 14.8 Å². The summed E-state index contributed by atoms with van der Waals surface area (Å²) in [5.74, 6) is 0.925. The maximum Gasteiger partial charge on any atom is 0.319 e. The summed E-state index contributed by atoms with van der Waals surface area (Å²) in [6, 6.07) is 16.7. The number of aromatic nitrogens is 2. The number of methoxy groups -OCH3 is 1. The summed E-state index contributed by atoms with van der Waals surface area (Å²) in [7, 11) is 1.53. The van der Waals surface area contributed by atoms with Gasteiger partial charge in [-0.2, -0.15) is 5.26 Å². The molecule has 0 spiro atoms. The van der Waals surface area contributed by atoms with Crippen molar-refractivity contribution in [3.05, 3.63) is 60.3 Å². The molecule has 3 aromatic rings. The van der Waals surface area contributed by atoms with E-state index in [9.17, 15) is 10.1 Å². The summed E-state index contributed by atoms with van der Waals surface area (Å²) >= 11 is 0. The van der Waals surface area contributed by atoms with Crippen molar-refractivity contribution in [2.45, 2.75) is 31.7 Å². The number of hydrogen-bond acceptors (Lipinski definition) is 6. The number of carbonyl (C=O) groups is 1. The van der Waals surface area contributed by atoms with Crippen LogP contribution in [0.2, 0.25) is 0 Å². The van der Waals surface area contributed by atoms with Crippen LogP contribution in [0.4, 0.5) is 22.1 Å². The Morgan fingerprint density at radius 2 is 1.94 bits per heavy atom. The lowest BCUT2D eigenvalue weighted by Gasteiger charge is -2.14. The molecule has 0 unspecified atom stereocenters. The van der Waals surface area contributed by atoms with Crippen molar-refractivity contribution in [3.8, 4) is 23.1 Å². The van der Waals surface area contributed by atoms with Gasteiger partial charge in [0, 0.05) is 29.2 Å². The third kappa shape index (κ3) is 5.13. The van der Waals surface area contributed by atoms with Crippen LogP contribution in [-0.2, 0) is 0 Å². The number of anilines is 3. The Balaban J connectivity index is 1.46. The fourth-order valence-corrected chi connectivity index (χ4v) is 3.76. The van der Waals surface area contributed by atoms with Crippen molar-refractivity contribution in [1.29, 1.82) is 5.26 Å². The lowest BCUT2D eigenvalue weighted by Crippen LogP contribution is -2.36. The van der Waals surface area contributed by atoms with Crippen LogP contribution in [0.5, 0.6) is 5.75 Å². The number of benzene rings is 2. The highest BCUT2D eigenvalue weighted by Crippen LogP contribution is 2.26. The largest absolute Gasteiger partial charge is 0.495 e. The predicted octanol–water partition coefficient (Wildman–Crippen LogP) is 4.83. The van der Waals surface area contributed by atoms with Crippen molar-refractivity contribution < 1.29 is 9.53 Å². The van der Waals surface area contributed by atoms with Crippen molar-refractivity contribution >= 4 is 23.4 Å². The molecule has 2 amide bonds. The first-order valence-corrected chi connectivity index (χ1v) is 10.5. The summed E-state index contributed by atoms with van der Waals surface area (Å²) < 4.78 is 5.20. The maximum atomic E-state index is 12.2. The van der Waals surface area contributed by atoms with Gasteiger partial charge in [0.25, 0.3) is 0 Å². The van der Waals surface area contributed by atoms with Crippen LogP contribution in [0.15, 0.2) is 54.7 Å². The SMILES string of the molecule is COc1ccc(-c2ccnc(Nc3cccc(NC(=O)NC4CCCC4)c3)n2)cc1C#N. The topological polar surface area (TPSA) is 112 Å². The Morgan fingerprint density at radius 3 is 2.72 bits per heavy atom. The first-order valence-electron chi connectivity index (χ1n) is 10.5. The minimum Gasteiger partial charge on any atom is -0.495 e. The number of nitrogens with one attached hydrogen (secondary N) is 3. The molecule has 1 aliphatic rings. The first kappa shape index (κ1) is 21.1. The summed E-state index contributed by atoms with van der Waals surface area (Å²) in [6.45, 7) is 0. The third-order valence-electron chi connectivity index (χ3n) is 5.34. The van der Waals surface area contributed by atoms with Crippen LogP contribution in [0.1, 0.15) is 31.2 Å². The van der Waals surface area contributed by atoms with Gasteiger partial charge in [0.1, 0.15) is 11.8 Å². The molecule has 0 atom stereocenters. The molecule has 0 radical (unpaired) electrons. The highest BCUT2D eigenvalue weighted by atomic mass is 16.5. The molecule has 4 rings (SSSR count).